The summed E-state index contributed by atoms with van der Waals surface area (Å²) in [5.41, 5.74) is 5.01. The first-order valence-electron chi connectivity index (χ1n) is 9.58. The smallest absolute Gasteiger partial charge is 0.247 e. The first-order chi connectivity index (χ1) is 14.9. The Morgan fingerprint density at radius 3 is 1.97 bits per heavy atom. The number of benzene rings is 3. The molecular weight excluding hydrogens is 392 g/mol. The van der Waals surface area contributed by atoms with Crippen molar-refractivity contribution in [1.29, 1.82) is 0 Å². The highest BCUT2D eigenvalue weighted by atomic mass is 32.2. The van der Waals surface area contributed by atoms with Gasteiger partial charge in [-0.2, -0.15) is 0 Å². The van der Waals surface area contributed by atoms with Gasteiger partial charge in [0.2, 0.25) is 11.8 Å². The van der Waals surface area contributed by atoms with Crippen LogP contribution in [0.4, 0.5) is 0 Å². The van der Waals surface area contributed by atoms with E-state index >= 15 is 0 Å². The fourth-order valence-electron chi connectivity index (χ4n) is 3.18. The van der Waals surface area contributed by atoms with E-state index in [-0.39, 0.29) is 0 Å². The van der Waals surface area contributed by atoms with Crippen molar-refractivity contribution in [2.45, 2.75) is 10.9 Å². The summed E-state index contributed by atoms with van der Waals surface area (Å²) in [6.45, 7) is 0. The van der Waals surface area contributed by atoms with Crippen LogP contribution >= 0.6 is 11.8 Å². The van der Waals surface area contributed by atoms with Gasteiger partial charge in [-0.3, -0.25) is 0 Å². The van der Waals surface area contributed by atoms with Crippen LogP contribution in [0.5, 0.6) is 0 Å². The van der Waals surface area contributed by atoms with Gasteiger partial charge in [-0.15, -0.1) is 10.2 Å². The van der Waals surface area contributed by atoms with Crippen LogP contribution in [0.15, 0.2) is 101 Å². The van der Waals surface area contributed by atoms with Crippen LogP contribution in [-0.4, -0.2) is 20.2 Å². The normalized spacial score (nSPS) is 10.9. The summed E-state index contributed by atoms with van der Waals surface area (Å²) >= 11 is 1.54. The number of nitrogens with one attached hydrogen (secondary N) is 1. The maximum absolute atomic E-state index is 5.81. The van der Waals surface area contributed by atoms with Crippen LogP contribution in [0, 0.1) is 0 Å². The van der Waals surface area contributed by atoms with Crippen LogP contribution in [0.2, 0.25) is 0 Å². The van der Waals surface area contributed by atoms with Gasteiger partial charge in [-0.05, 0) is 12.1 Å². The van der Waals surface area contributed by atoms with E-state index in [9.17, 15) is 0 Å². The van der Waals surface area contributed by atoms with Gasteiger partial charge < -0.3 is 9.40 Å². The summed E-state index contributed by atoms with van der Waals surface area (Å²) in [5.74, 6) is 1.63. The topological polar surface area (TPSA) is 67.6 Å². The lowest BCUT2D eigenvalue weighted by atomic mass is 10.1. The van der Waals surface area contributed by atoms with E-state index in [4.69, 9.17) is 9.40 Å². The minimum absolute atomic E-state index is 0.528. The Bertz CT molecular complexity index is 1180. The summed E-state index contributed by atoms with van der Waals surface area (Å²) in [7, 11) is 0. The average molecular weight is 411 g/mol. The van der Waals surface area contributed by atoms with Crippen LogP contribution in [0.1, 0.15) is 5.89 Å². The van der Waals surface area contributed by atoms with Crippen LogP contribution in [0.25, 0.3) is 34.0 Å². The van der Waals surface area contributed by atoms with Gasteiger partial charge in [0.25, 0.3) is 0 Å². The number of thioether (sulfide) groups is 1. The number of aromatic amines is 1. The molecule has 0 amide bonds. The van der Waals surface area contributed by atoms with E-state index in [0.29, 0.717) is 17.5 Å². The second-order valence-electron chi connectivity index (χ2n) is 6.65. The van der Waals surface area contributed by atoms with Crippen molar-refractivity contribution >= 4 is 11.8 Å². The van der Waals surface area contributed by atoms with E-state index in [1.165, 1.54) is 0 Å². The average Bonchev–Trinajstić information content (AvgIpc) is 3.47. The molecule has 0 atom stereocenters. The second kappa shape index (κ2) is 8.39. The fourth-order valence-corrected chi connectivity index (χ4v) is 3.88. The van der Waals surface area contributed by atoms with Crippen molar-refractivity contribution in [3.8, 4) is 34.0 Å². The van der Waals surface area contributed by atoms with Crippen molar-refractivity contribution in [3.05, 3.63) is 96.9 Å². The first kappa shape index (κ1) is 18.4. The number of H-pyrrole nitrogens is 1. The van der Waals surface area contributed by atoms with E-state index < -0.39 is 0 Å². The van der Waals surface area contributed by atoms with Gasteiger partial charge in [0.15, 0.2) is 5.16 Å². The molecule has 3 aromatic carbocycles. The molecule has 0 aliphatic rings. The fraction of sp³-hybridized carbons (Fsp3) is 0.0417. The van der Waals surface area contributed by atoms with Crippen molar-refractivity contribution in [2.75, 3.05) is 0 Å². The maximum Gasteiger partial charge on any atom is 0.247 e. The maximum atomic E-state index is 5.81. The summed E-state index contributed by atoms with van der Waals surface area (Å²) in [6.07, 6.45) is 0. The highest BCUT2D eigenvalue weighted by molar-refractivity contribution is 7.98. The summed E-state index contributed by atoms with van der Waals surface area (Å²) in [4.78, 5) is 8.32. The molecule has 0 aliphatic heterocycles. The van der Waals surface area contributed by atoms with Crippen molar-refractivity contribution in [1.82, 2.24) is 20.2 Å². The molecule has 5 rings (SSSR count). The Kier molecular flexibility index (Phi) is 5.14. The van der Waals surface area contributed by atoms with Crippen LogP contribution in [0.3, 0.4) is 0 Å². The molecular formula is C24H18N4OS. The first-order valence-corrected chi connectivity index (χ1v) is 10.6. The standard InChI is InChI=1S/C24H18N4OS/c1-4-10-17(11-5-1)21-22(18-12-6-2-7-13-18)26-24(25-21)30-16-20-27-28-23(29-20)19-14-8-3-9-15-19/h1-15H,16H2,(H,25,26). The summed E-state index contributed by atoms with van der Waals surface area (Å²) in [6, 6.07) is 30.2. The summed E-state index contributed by atoms with van der Waals surface area (Å²) < 4.78 is 5.81. The molecule has 5 aromatic rings. The SMILES string of the molecule is c1ccc(-c2nnc(CSc3nc(-c4ccccc4)c(-c4ccccc4)[nH]3)o2)cc1. The van der Waals surface area contributed by atoms with E-state index in [1.54, 1.807) is 11.8 Å². The molecule has 0 unspecified atom stereocenters. The van der Waals surface area contributed by atoms with Gasteiger partial charge in [0, 0.05) is 16.7 Å². The number of imidazole rings is 1. The lowest BCUT2D eigenvalue weighted by Crippen LogP contribution is -1.82. The molecule has 1 N–H and O–H groups in total. The van der Waals surface area contributed by atoms with Crippen molar-refractivity contribution in [2.24, 2.45) is 0 Å². The largest absolute Gasteiger partial charge is 0.420 e. The number of aromatic nitrogens is 4. The molecule has 0 aliphatic carbocycles. The van der Waals surface area contributed by atoms with Gasteiger partial charge in [-0.1, -0.05) is 90.6 Å². The quantitative estimate of drug-likeness (QED) is 0.343. The predicted octanol–water partition coefficient (Wildman–Crippen LogP) is 6.09. The van der Waals surface area contributed by atoms with E-state index in [2.05, 4.69) is 39.4 Å². The van der Waals surface area contributed by atoms with E-state index in [1.807, 2.05) is 66.7 Å². The lowest BCUT2D eigenvalue weighted by Gasteiger charge is -2.02. The molecule has 0 saturated heterocycles. The Labute approximate surface area is 178 Å². The van der Waals surface area contributed by atoms with Gasteiger partial charge >= 0.3 is 0 Å². The molecule has 30 heavy (non-hydrogen) atoms. The number of rotatable bonds is 6. The Morgan fingerprint density at radius 2 is 1.30 bits per heavy atom. The zero-order chi connectivity index (χ0) is 20.2. The van der Waals surface area contributed by atoms with Gasteiger partial charge in [0.1, 0.15) is 0 Å². The molecule has 0 bridgehead atoms. The van der Waals surface area contributed by atoms with Gasteiger partial charge in [-0.25, -0.2) is 4.98 Å². The molecule has 5 nitrogen and oxygen atoms in total. The zero-order valence-corrected chi connectivity index (χ0v) is 16.8. The van der Waals surface area contributed by atoms with Crippen molar-refractivity contribution in [3.63, 3.8) is 0 Å². The number of hydrogen-bond acceptors (Lipinski definition) is 5. The van der Waals surface area contributed by atoms with Crippen LogP contribution < -0.4 is 0 Å². The minimum atomic E-state index is 0.528. The monoisotopic (exact) mass is 410 g/mol. The molecule has 0 fully saturated rings. The minimum Gasteiger partial charge on any atom is -0.420 e. The predicted molar refractivity (Wildman–Crippen MR) is 119 cm³/mol. The van der Waals surface area contributed by atoms with Crippen LogP contribution in [-0.2, 0) is 5.75 Å². The third kappa shape index (κ3) is 3.90. The third-order valence-corrected chi connectivity index (χ3v) is 5.47. The third-order valence-electron chi connectivity index (χ3n) is 4.61. The van der Waals surface area contributed by atoms with Gasteiger partial charge in [0.05, 0.1) is 17.1 Å². The van der Waals surface area contributed by atoms with E-state index in [0.717, 1.165) is 33.2 Å². The van der Waals surface area contributed by atoms with Crippen molar-refractivity contribution < 1.29 is 4.42 Å². The molecule has 0 saturated carbocycles. The zero-order valence-electron chi connectivity index (χ0n) is 16.0. The number of hydrogen-bond donors (Lipinski definition) is 1. The Hall–Kier alpha value is -3.64. The Morgan fingerprint density at radius 1 is 0.700 bits per heavy atom. The molecule has 6 heteroatoms. The molecule has 146 valence electrons. The summed E-state index contributed by atoms with van der Waals surface area (Å²) in [5, 5.41) is 9.14. The molecule has 2 heterocycles. The Balaban J connectivity index is 1.40. The molecule has 2 aromatic heterocycles. The highest BCUT2D eigenvalue weighted by Crippen LogP contribution is 2.33. The lowest BCUT2D eigenvalue weighted by molar-refractivity contribution is 0.528. The second-order valence-corrected chi connectivity index (χ2v) is 7.62. The highest BCUT2D eigenvalue weighted by Gasteiger charge is 2.15. The number of nitrogens with zero attached hydrogens (tertiary/aromatic N) is 3. The molecule has 0 spiro atoms. The molecule has 0 radical (unpaired) electrons.